The monoisotopic (exact) mass is 300 g/mol. The summed E-state index contributed by atoms with van der Waals surface area (Å²) in [6, 6.07) is 11.7. The number of carboxylic acid groups (broad SMARTS) is 2. The van der Waals surface area contributed by atoms with E-state index in [2.05, 4.69) is 15.4 Å². The number of hydrogen-bond donors (Lipinski definition) is 3. The topological polar surface area (TPSA) is 116 Å². The van der Waals surface area contributed by atoms with Crippen molar-refractivity contribution in [2.45, 2.75) is 6.92 Å². The maximum absolute atomic E-state index is 10.5. The average molecular weight is 300 g/mol. The Bertz CT molecular complexity index is 770. The van der Waals surface area contributed by atoms with E-state index in [9.17, 15) is 9.59 Å². The molecule has 112 valence electrons. The molecule has 7 nitrogen and oxygen atoms in total. The van der Waals surface area contributed by atoms with Crippen LogP contribution in [0.4, 0.5) is 0 Å². The predicted octanol–water partition coefficient (Wildman–Crippen LogP) is 2.46. The number of aromatic nitrogens is 3. The number of aromatic carboxylic acids is 2. The van der Waals surface area contributed by atoms with Gasteiger partial charge in [-0.05, 0) is 42.8 Å². The third-order valence-corrected chi connectivity index (χ3v) is 2.80. The molecule has 0 atom stereocenters. The first-order chi connectivity index (χ1) is 10.5. The Hall–Kier alpha value is -3.22. The summed E-state index contributed by atoms with van der Waals surface area (Å²) >= 11 is 0. The van der Waals surface area contributed by atoms with Gasteiger partial charge in [0.2, 0.25) is 0 Å². The van der Waals surface area contributed by atoms with Crippen molar-refractivity contribution in [1.29, 1.82) is 0 Å². The third-order valence-electron chi connectivity index (χ3n) is 2.80. The molecule has 0 saturated heterocycles. The lowest BCUT2D eigenvalue weighted by Gasteiger charge is -1.99. The van der Waals surface area contributed by atoms with Crippen LogP contribution in [-0.4, -0.2) is 37.6 Å². The Balaban J connectivity index is 0.000000232. The number of para-hydroxylation sites is 1. The highest BCUT2D eigenvalue weighted by Gasteiger charge is 2.09. The van der Waals surface area contributed by atoms with Crippen LogP contribution in [0.5, 0.6) is 0 Å². The molecule has 0 aliphatic rings. The van der Waals surface area contributed by atoms with Gasteiger partial charge >= 0.3 is 13.4 Å². The predicted molar refractivity (Wildman–Crippen MR) is 80.1 cm³/mol. The molecule has 0 fully saturated rings. The number of fused-ring (bicyclic) bond motifs is 1. The summed E-state index contributed by atoms with van der Waals surface area (Å²) < 4.78 is 0. The number of hydrogen-bond acceptors (Lipinski definition) is 4. The largest absolute Gasteiger partial charge is 1.00 e. The molecule has 0 aliphatic heterocycles. The zero-order chi connectivity index (χ0) is 16.1. The van der Waals surface area contributed by atoms with Crippen molar-refractivity contribution in [3.63, 3.8) is 0 Å². The van der Waals surface area contributed by atoms with Crippen molar-refractivity contribution in [3.05, 3.63) is 59.2 Å². The zero-order valence-electron chi connectivity index (χ0n) is 12.6. The lowest BCUT2D eigenvalue weighted by Crippen LogP contribution is -2.02. The van der Waals surface area contributed by atoms with Crippen LogP contribution >= 0.6 is 0 Å². The third kappa shape index (κ3) is 3.66. The van der Waals surface area contributed by atoms with Gasteiger partial charge in [-0.1, -0.05) is 17.3 Å². The highest BCUT2D eigenvalue weighted by molar-refractivity contribution is 5.94. The minimum Gasteiger partial charge on any atom is -0.478 e. The second-order valence-corrected chi connectivity index (χ2v) is 4.53. The number of nitrogens with zero attached hydrogens (tertiary/aromatic N) is 2. The number of benzene rings is 2. The smallest absolute Gasteiger partial charge is 0.478 e. The standard InChI is InChI=1S/C9H8O4.C6H5N3/c1-5-2-6(8(10)11)4-7(3-5)9(12)13;1-2-4-6-5(3-1)7-9-8-6/h2-4H,1H3,(H,10,11)(H,12,13);1-4H,(H,7,8,9)/p+1. The first-order valence-electron chi connectivity index (χ1n) is 6.31. The molecule has 1 heterocycles. The van der Waals surface area contributed by atoms with Crippen molar-refractivity contribution >= 4 is 23.0 Å². The summed E-state index contributed by atoms with van der Waals surface area (Å²) in [7, 11) is 0. The zero-order valence-corrected chi connectivity index (χ0v) is 11.6. The highest BCUT2D eigenvalue weighted by Crippen LogP contribution is 2.09. The first-order valence-corrected chi connectivity index (χ1v) is 6.31. The Morgan fingerprint density at radius 3 is 2.18 bits per heavy atom. The van der Waals surface area contributed by atoms with E-state index in [1.807, 2.05) is 24.3 Å². The number of aryl methyl sites for hydroxylation is 1. The fourth-order valence-electron chi connectivity index (χ4n) is 1.82. The molecule has 3 aromatic rings. The van der Waals surface area contributed by atoms with Crippen molar-refractivity contribution in [3.8, 4) is 0 Å². The minimum absolute atomic E-state index is 0. The summed E-state index contributed by atoms with van der Waals surface area (Å²) in [5.41, 5.74) is 2.52. The normalized spacial score (nSPS) is 9.86. The summed E-state index contributed by atoms with van der Waals surface area (Å²) in [5.74, 6) is -2.24. The van der Waals surface area contributed by atoms with Crippen molar-refractivity contribution in [2.75, 3.05) is 0 Å². The van der Waals surface area contributed by atoms with Gasteiger partial charge in [0.25, 0.3) is 0 Å². The maximum atomic E-state index is 10.5. The number of carboxylic acids is 2. The van der Waals surface area contributed by atoms with E-state index in [-0.39, 0.29) is 12.6 Å². The number of rotatable bonds is 2. The molecule has 0 radical (unpaired) electrons. The molecule has 1 aromatic heterocycles. The summed E-state index contributed by atoms with van der Waals surface area (Å²) in [5, 5.41) is 27.4. The van der Waals surface area contributed by atoms with Gasteiger partial charge in [-0.15, -0.1) is 5.10 Å². The Labute approximate surface area is 126 Å². The molecular formula is C15H14N3O4+. The van der Waals surface area contributed by atoms with Gasteiger partial charge < -0.3 is 10.2 Å². The quantitative estimate of drug-likeness (QED) is 0.669. The molecule has 0 aliphatic carbocycles. The summed E-state index contributed by atoms with van der Waals surface area (Å²) in [4.78, 5) is 21.1. The SMILES string of the molecule is Cc1cc(C(=O)O)cc(C(=O)O)c1.[H+].c1ccc2[nH]nnc2c1. The van der Waals surface area contributed by atoms with Crippen LogP contribution in [0.2, 0.25) is 0 Å². The molecule has 0 unspecified atom stereocenters. The van der Waals surface area contributed by atoms with E-state index in [0.717, 1.165) is 17.1 Å². The van der Waals surface area contributed by atoms with Gasteiger partial charge in [0, 0.05) is 0 Å². The van der Waals surface area contributed by atoms with Crippen LogP contribution in [-0.2, 0) is 0 Å². The Morgan fingerprint density at radius 1 is 1.05 bits per heavy atom. The van der Waals surface area contributed by atoms with Crippen LogP contribution in [0.15, 0.2) is 42.5 Å². The molecule has 22 heavy (non-hydrogen) atoms. The van der Waals surface area contributed by atoms with Gasteiger partial charge in [0.1, 0.15) is 5.52 Å². The van der Waals surface area contributed by atoms with Crippen molar-refractivity contribution in [1.82, 2.24) is 15.4 Å². The van der Waals surface area contributed by atoms with Crippen LogP contribution in [0.25, 0.3) is 11.0 Å². The number of carbonyl (C=O) groups is 2. The van der Waals surface area contributed by atoms with Gasteiger partial charge in [-0.2, -0.15) is 0 Å². The van der Waals surface area contributed by atoms with Crippen LogP contribution in [0.1, 0.15) is 27.7 Å². The summed E-state index contributed by atoms with van der Waals surface area (Å²) in [6.45, 7) is 1.65. The fraction of sp³-hybridized carbons (Fsp3) is 0.0667. The van der Waals surface area contributed by atoms with Gasteiger partial charge in [0.05, 0.1) is 16.6 Å². The molecule has 0 spiro atoms. The minimum atomic E-state index is -1.12. The molecule has 0 saturated carbocycles. The molecule has 2 aromatic carbocycles. The van der Waals surface area contributed by atoms with E-state index in [0.29, 0.717) is 5.56 Å². The van der Waals surface area contributed by atoms with E-state index < -0.39 is 11.9 Å². The second-order valence-electron chi connectivity index (χ2n) is 4.53. The van der Waals surface area contributed by atoms with E-state index in [4.69, 9.17) is 10.2 Å². The van der Waals surface area contributed by atoms with E-state index in [1.165, 1.54) is 12.1 Å². The first kappa shape index (κ1) is 15.2. The number of H-pyrrole nitrogens is 1. The molecule has 3 N–H and O–H groups in total. The van der Waals surface area contributed by atoms with Gasteiger partial charge in [-0.25, -0.2) is 9.59 Å². The Morgan fingerprint density at radius 2 is 1.64 bits per heavy atom. The molecular weight excluding hydrogens is 286 g/mol. The summed E-state index contributed by atoms with van der Waals surface area (Å²) in [6.07, 6.45) is 0. The number of nitrogens with one attached hydrogen (secondary N) is 1. The fourth-order valence-corrected chi connectivity index (χ4v) is 1.82. The van der Waals surface area contributed by atoms with E-state index in [1.54, 1.807) is 6.92 Å². The molecule has 0 bridgehead atoms. The lowest BCUT2D eigenvalue weighted by atomic mass is 10.1. The second kappa shape index (κ2) is 6.49. The molecule has 3 rings (SSSR count). The van der Waals surface area contributed by atoms with Crippen molar-refractivity contribution < 1.29 is 21.2 Å². The average Bonchev–Trinajstić information content (AvgIpc) is 2.95. The maximum Gasteiger partial charge on any atom is 1.00 e. The number of aromatic amines is 1. The van der Waals surface area contributed by atoms with Crippen LogP contribution in [0.3, 0.4) is 0 Å². The van der Waals surface area contributed by atoms with Crippen molar-refractivity contribution in [2.24, 2.45) is 0 Å². The van der Waals surface area contributed by atoms with Crippen LogP contribution < -0.4 is 0 Å². The van der Waals surface area contributed by atoms with E-state index >= 15 is 0 Å². The van der Waals surface area contributed by atoms with Crippen LogP contribution in [0, 0.1) is 6.92 Å². The van der Waals surface area contributed by atoms with Gasteiger partial charge in [-0.3, -0.25) is 5.10 Å². The molecule has 7 heteroatoms. The molecule has 0 amide bonds. The lowest BCUT2D eigenvalue weighted by molar-refractivity contribution is 0.0696. The van der Waals surface area contributed by atoms with Gasteiger partial charge in [0.15, 0.2) is 0 Å². The Kier molecular flexibility index (Phi) is 4.47. The highest BCUT2D eigenvalue weighted by atomic mass is 16.4.